The molecule has 0 fully saturated rings. The van der Waals surface area contributed by atoms with Crippen LogP contribution in [0.4, 0.5) is 18.9 Å². The fraction of sp³-hybridized carbons (Fsp3) is 0.160. The minimum Gasteiger partial charge on any atom is -0.508 e. The number of thiazole rings is 1. The third-order valence-corrected chi connectivity index (χ3v) is 6.13. The molecule has 0 saturated carbocycles. The smallest absolute Gasteiger partial charge is 0.389 e. The fourth-order valence-electron chi connectivity index (χ4n) is 3.38. The molecule has 0 bridgehead atoms. The second-order valence-electron chi connectivity index (χ2n) is 7.56. The summed E-state index contributed by atoms with van der Waals surface area (Å²) < 4.78 is 37.8. The number of benzene rings is 3. The average molecular weight is 455 g/mol. The third kappa shape index (κ3) is 5.48. The van der Waals surface area contributed by atoms with Gasteiger partial charge in [0, 0.05) is 17.7 Å². The number of aryl methyl sites for hydroxylation is 1. The molecule has 0 aliphatic rings. The maximum atomic E-state index is 12.3. The Kier molecular flexibility index (Phi) is 6.19. The number of phenols is 1. The largest absolute Gasteiger partial charge is 0.508 e. The van der Waals surface area contributed by atoms with Gasteiger partial charge >= 0.3 is 6.18 Å². The van der Waals surface area contributed by atoms with Crippen molar-refractivity contribution in [1.82, 2.24) is 4.98 Å². The Balaban J connectivity index is 1.43. The summed E-state index contributed by atoms with van der Waals surface area (Å²) in [5, 5.41) is 10.5. The number of aromatic hydroxyl groups is 1. The highest BCUT2D eigenvalue weighted by Gasteiger charge is 2.25. The van der Waals surface area contributed by atoms with Gasteiger partial charge in [-0.3, -0.25) is 0 Å². The van der Waals surface area contributed by atoms with Crippen molar-refractivity contribution in [2.45, 2.75) is 25.4 Å². The number of nitrogen functional groups attached to an aromatic ring is 1. The Bertz CT molecular complexity index is 1260. The van der Waals surface area contributed by atoms with Crippen molar-refractivity contribution in [3.05, 3.63) is 77.4 Å². The zero-order valence-corrected chi connectivity index (χ0v) is 17.9. The Morgan fingerprint density at radius 2 is 1.75 bits per heavy atom. The lowest BCUT2D eigenvalue weighted by Crippen LogP contribution is -2.07. The van der Waals surface area contributed by atoms with Gasteiger partial charge in [0.15, 0.2) is 0 Å². The second kappa shape index (κ2) is 9.04. The fourth-order valence-corrected chi connectivity index (χ4v) is 4.39. The third-order valence-electron chi connectivity index (χ3n) is 5.06. The number of aromatic nitrogens is 1. The Morgan fingerprint density at radius 3 is 2.47 bits per heavy atom. The maximum Gasteiger partial charge on any atom is 0.389 e. The van der Waals surface area contributed by atoms with Gasteiger partial charge < -0.3 is 10.8 Å². The first-order valence-electron chi connectivity index (χ1n) is 10.1. The predicted octanol–water partition coefficient (Wildman–Crippen LogP) is 7.31. The molecule has 0 spiro atoms. The quantitative estimate of drug-likeness (QED) is 0.237. The number of halogens is 3. The van der Waals surface area contributed by atoms with Gasteiger partial charge in [-0.1, -0.05) is 48.6 Å². The lowest BCUT2D eigenvalue weighted by molar-refractivity contribution is -0.135. The van der Waals surface area contributed by atoms with E-state index in [0.717, 1.165) is 37.5 Å². The monoisotopic (exact) mass is 454 g/mol. The molecule has 0 saturated heterocycles. The van der Waals surface area contributed by atoms with Crippen LogP contribution in [0.3, 0.4) is 0 Å². The first kappa shape index (κ1) is 21.9. The van der Waals surface area contributed by atoms with Gasteiger partial charge in [-0.15, -0.1) is 11.3 Å². The van der Waals surface area contributed by atoms with E-state index in [1.807, 2.05) is 48.6 Å². The number of hydrogen-bond acceptors (Lipinski definition) is 4. The summed E-state index contributed by atoms with van der Waals surface area (Å²) in [7, 11) is 0. The summed E-state index contributed by atoms with van der Waals surface area (Å²) in [6, 6.07) is 18.5. The molecule has 0 aliphatic carbocycles. The number of fused-ring (bicyclic) bond motifs is 1. The number of nitrogens with zero attached hydrogens (tertiary/aromatic N) is 1. The summed E-state index contributed by atoms with van der Waals surface area (Å²) in [5.74, 6) is 0.224. The van der Waals surface area contributed by atoms with Gasteiger partial charge in [0.25, 0.3) is 0 Å². The average Bonchev–Trinajstić information content (AvgIpc) is 3.16. The van der Waals surface area contributed by atoms with Gasteiger partial charge in [-0.25, -0.2) is 4.98 Å². The normalized spacial score (nSPS) is 12.1. The van der Waals surface area contributed by atoms with Crippen LogP contribution in [-0.2, 0) is 6.42 Å². The lowest BCUT2D eigenvalue weighted by atomic mass is 10.0. The molecule has 0 aliphatic heterocycles. The van der Waals surface area contributed by atoms with Crippen LogP contribution >= 0.6 is 11.3 Å². The van der Waals surface area contributed by atoms with Gasteiger partial charge in [0.2, 0.25) is 0 Å². The van der Waals surface area contributed by atoms with Crippen molar-refractivity contribution < 1.29 is 18.3 Å². The van der Waals surface area contributed by atoms with E-state index in [4.69, 9.17) is 5.73 Å². The van der Waals surface area contributed by atoms with Gasteiger partial charge in [-0.05, 0) is 53.8 Å². The molecule has 1 aromatic heterocycles. The van der Waals surface area contributed by atoms with Crippen LogP contribution in [0.15, 0.2) is 60.7 Å². The molecule has 0 radical (unpaired) electrons. The lowest BCUT2D eigenvalue weighted by Gasteiger charge is -2.08. The van der Waals surface area contributed by atoms with Crippen LogP contribution in [0.2, 0.25) is 0 Å². The number of rotatable bonds is 6. The van der Waals surface area contributed by atoms with Crippen LogP contribution in [0.1, 0.15) is 29.5 Å². The number of hydrogen-bond donors (Lipinski definition) is 2. The Labute approximate surface area is 187 Å². The standard InChI is InChI=1S/C25H21F3N2OS/c26-25(27,28)13-1-2-17-6-8-18(21(29)14-17)7-3-16-4-9-19(10-5-16)24-30-22-12-11-20(31)15-23(22)32-24/h3-12,14-15,31H,1-2,13,29H2. The van der Waals surface area contributed by atoms with E-state index in [-0.39, 0.29) is 12.2 Å². The number of phenolic OH excluding ortho intramolecular Hbond substituents is 1. The van der Waals surface area contributed by atoms with E-state index in [1.54, 1.807) is 24.3 Å². The van der Waals surface area contributed by atoms with Gasteiger partial charge in [0.05, 0.1) is 10.2 Å². The molecule has 4 rings (SSSR count). The van der Waals surface area contributed by atoms with Crippen molar-refractivity contribution in [2.24, 2.45) is 0 Å². The zero-order chi connectivity index (χ0) is 22.7. The van der Waals surface area contributed by atoms with E-state index < -0.39 is 12.6 Å². The van der Waals surface area contributed by atoms with Crippen LogP contribution in [0.5, 0.6) is 5.75 Å². The zero-order valence-electron chi connectivity index (χ0n) is 17.1. The summed E-state index contributed by atoms with van der Waals surface area (Å²) >= 11 is 1.52. The van der Waals surface area contributed by atoms with Crippen molar-refractivity contribution in [1.29, 1.82) is 0 Å². The predicted molar refractivity (Wildman–Crippen MR) is 125 cm³/mol. The highest BCUT2D eigenvalue weighted by atomic mass is 32.1. The molecular formula is C25H21F3N2OS. The topological polar surface area (TPSA) is 59.1 Å². The molecule has 3 aromatic carbocycles. The first-order valence-corrected chi connectivity index (χ1v) is 10.9. The first-order chi connectivity index (χ1) is 15.3. The van der Waals surface area contributed by atoms with E-state index in [0.29, 0.717) is 12.1 Å². The molecule has 3 N–H and O–H groups in total. The summed E-state index contributed by atoms with van der Waals surface area (Å²) in [6.45, 7) is 0. The molecule has 0 unspecified atom stereocenters. The molecular weight excluding hydrogens is 433 g/mol. The van der Waals surface area contributed by atoms with E-state index >= 15 is 0 Å². The van der Waals surface area contributed by atoms with Gasteiger partial charge in [0.1, 0.15) is 10.8 Å². The summed E-state index contributed by atoms with van der Waals surface area (Å²) in [5.41, 5.74) is 11.1. The molecule has 32 heavy (non-hydrogen) atoms. The SMILES string of the molecule is Nc1cc(CCCC(F)(F)F)ccc1C=Cc1ccc(-c2nc3ccc(O)cc3s2)cc1. The molecule has 7 heteroatoms. The number of anilines is 1. The summed E-state index contributed by atoms with van der Waals surface area (Å²) in [6.07, 6.45) is -0.676. The van der Waals surface area contributed by atoms with E-state index in [2.05, 4.69) is 4.98 Å². The molecule has 0 amide bonds. The van der Waals surface area contributed by atoms with Crippen LogP contribution < -0.4 is 5.73 Å². The second-order valence-corrected chi connectivity index (χ2v) is 8.59. The summed E-state index contributed by atoms with van der Waals surface area (Å²) in [4.78, 5) is 4.61. The van der Waals surface area contributed by atoms with Gasteiger partial charge in [-0.2, -0.15) is 13.2 Å². The maximum absolute atomic E-state index is 12.3. The molecule has 3 nitrogen and oxygen atoms in total. The van der Waals surface area contributed by atoms with Crippen LogP contribution in [-0.4, -0.2) is 16.3 Å². The molecule has 4 aromatic rings. The Morgan fingerprint density at radius 1 is 0.969 bits per heavy atom. The molecule has 1 heterocycles. The highest BCUT2D eigenvalue weighted by Crippen LogP contribution is 2.32. The van der Waals surface area contributed by atoms with E-state index in [1.165, 1.54) is 11.3 Å². The van der Waals surface area contributed by atoms with Crippen LogP contribution in [0.25, 0.3) is 32.9 Å². The molecule has 0 atom stereocenters. The highest BCUT2D eigenvalue weighted by molar-refractivity contribution is 7.21. The minimum absolute atomic E-state index is 0.0558. The number of alkyl halides is 3. The number of nitrogens with two attached hydrogens (primary N) is 1. The van der Waals surface area contributed by atoms with E-state index in [9.17, 15) is 18.3 Å². The van der Waals surface area contributed by atoms with Crippen molar-refractivity contribution in [3.63, 3.8) is 0 Å². The Hall–Kier alpha value is -3.32. The van der Waals surface area contributed by atoms with Crippen LogP contribution in [0, 0.1) is 0 Å². The van der Waals surface area contributed by atoms with Crippen molar-refractivity contribution in [2.75, 3.05) is 5.73 Å². The molecule has 164 valence electrons. The minimum atomic E-state index is -4.13. The van der Waals surface area contributed by atoms with Crippen molar-refractivity contribution >= 4 is 39.4 Å². The van der Waals surface area contributed by atoms with Crippen molar-refractivity contribution in [3.8, 4) is 16.3 Å².